The van der Waals surface area contributed by atoms with Gasteiger partial charge < -0.3 is 9.33 Å². The first kappa shape index (κ1) is 9.23. The first-order valence-corrected chi connectivity index (χ1v) is 6.53. The Hall–Kier alpha value is 0.137. The lowest BCUT2D eigenvalue weighted by Crippen LogP contribution is -2.38. The van der Waals surface area contributed by atoms with Crippen LogP contribution in [0.25, 0.3) is 0 Å². The molecule has 0 spiro atoms. The van der Waals surface area contributed by atoms with Gasteiger partial charge >= 0.3 is 0 Å². The van der Waals surface area contributed by atoms with E-state index in [4.69, 9.17) is 4.43 Å². The maximum atomic E-state index is 5.31. The van der Waals surface area contributed by atoms with Crippen LogP contribution in [-0.4, -0.2) is 40.3 Å². The summed E-state index contributed by atoms with van der Waals surface area (Å²) in [5, 5.41) is 0. The molecule has 0 saturated carbocycles. The van der Waals surface area contributed by atoms with Crippen molar-refractivity contribution in [1.29, 1.82) is 0 Å². The average Bonchev–Trinajstić information content (AvgIpc) is 2.06. The Balaban J connectivity index is 2.13. The van der Waals surface area contributed by atoms with Crippen molar-refractivity contribution in [2.45, 2.75) is 25.8 Å². The molecule has 0 aromatic carbocycles. The quantitative estimate of drug-likeness (QED) is 0.595. The molecular formula is C8H18NOSi. The maximum absolute atomic E-state index is 5.31. The molecule has 1 radical (unpaired) electrons. The maximum Gasteiger partial charge on any atom is 0.222 e. The summed E-state index contributed by atoms with van der Waals surface area (Å²) in [5.74, 6) is 0. The van der Waals surface area contributed by atoms with Crippen LogP contribution in [0.1, 0.15) is 19.3 Å². The van der Waals surface area contributed by atoms with E-state index in [1.165, 1.54) is 38.5 Å². The molecule has 2 nitrogen and oxygen atoms in total. The van der Waals surface area contributed by atoms with Gasteiger partial charge in [-0.15, -0.1) is 0 Å². The second kappa shape index (κ2) is 4.90. The van der Waals surface area contributed by atoms with E-state index in [1.807, 2.05) is 7.11 Å². The third-order valence-corrected chi connectivity index (χ3v) is 3.83. The fraction of sp³-hybridized carbons (Fsp3) is 1.00. The highest BCUT2D eigenvalue weighted by molar-refractivity contribution is 6.50. The zero-order valence-corrected chi connectivity index (χ0v) is 8.60. The molecule has 0 unspecified atom stereocenters. The molecule has 0 N–H and O–H groups in total. The number of hydrogen-bond acceptors (Lipinski definition) is 2. The Kier molecular flexibility index (Phi) is 4.11. The number of likely N-dealkylation sites (tertiary alicyclic amines) is 1. The molecular weight excluding hydrogens is 154 g/mol. The Morgan fingerprint density at radius 2 is 1.91 bits per heavy atom. The predicted octanol–water partition coefficient (Wildman–Crippen LogP) is 1.28. The fourth-order valence-electron chi connectivity index (χ4n) is 1.50. The number of rotatable bonds is 3. The van der Waals surface area contributed by atoms with Crippen molar-refractivity contribution in [2.24, 2.45) is 0 Å². The molecule has 0 atom stereocenters. The van der Waals surface area contributed by atoms with Gasteiger partial charge in [0.05, 0.1) is 0 Å². The van der Waals surface area contributed by atoms with E-state index < -0.39 is 9.04 Å². The largest absolute Gasteiger partial charge is 0.419 e. The van der Waals surface area contributed by atoms with Crippen LogP contribution in [0.5, 0.6) is 0 Å². The summed E-state index contributed by atoms with van der Waals surface area (Å²) in [6, 6.07) is 0. The van der Waals surface area contributed by atoms with E-state index in [1.54, 1.807) is 0 Å². The third kappa shape index (κ3) is 3.36. The molecule has 0 aromatic rings. The first-order valence-electron chi connectivity index (χ1n) is 4.41. The van der Waals surface area contributed by atoms with Crippen LogP contribution in [0.4, 0.5) is 0 Å². The summed E-state index contributed by atoms with van der Waals surface area (Å²) in [7, 11) is 1.33. The predicted molar refractivity (Wildman–Crippen MR) is 48.9 cm³/mol. The van der Waals surface area contributed by atoms with Gasteiger partial charge in [-0.1, -0.05) is 6.42 Å². The van der Waals surface area contributed by atoms with E-state index in [2.05, 4.69) is 11.4 Å². The molecule has 11 heavy (non-hydrogen) atoms. The van der Waals surface area contributed by atoms with Crippen molar-refractivity contribution in [2.75, 3.05) is 26.4 Å². The summed E-state index contributed by atoms with van der Waals surface area (Å²) in [6.45, 7) is 4.83. The minimum Gasteiger partial charge on any atom is -0.419 e. The van der Waals surface area contributed by atoms with E-state index >= 15 is 0 Å². The molecule has 1 aliphatic rings. The lowest BCUT2D eigenvalue weighted by molar-refractivity contribution is 0.248. The number of piperidine rings is 1. The van der Waals surface area contributed by atoms with Gasteiger partial charge in [-0.3, -0.25) is 0 Å². The molecule has 1 fully saturated rings. The van der Waals surface area contributed by atoms with Gasteiger partial charge in [-0.25, -0.2) is 0 Å². The molecule has 1 aliphatic heterocycles. The van der Waals surface area contributed by atoms with Crippen LogP contribution in [-0.2, 0) is 4.43 Å². The van der Waals surface area contributed by atoms with Crippen molar-refractivity contribution in [1.82, 2.24) is 4.90 Å². The van der Waals surface area contributed by atoms with Crippen molar-refractivity contribution in [3.05, 3.63) is 0 Å². The van der Waals surface area contributed by atoms with Gasteiger partial charge in [0.1, 0.15) is 0 Å². The highest BCUT2D eigenvalue weighted by Gasteiger charge is 2.14. The van der Waals surface area contributed by atoms with Crippen LogP contribution in [0.2, 0.25) is 6.55 Å². The number of nitrogens with zero attached hydrogens (tertiary/aromatic N) is 1. The first-order chi connectivity index (χ1) is 5.33. The second-order valence-electron chi connectivity index (χ2n) is 3.24. The zero-order chi connectivity index (χ0) is 8.10. The molecule has 65 valence electrons. The highest BCUT2D eigenvalue weighted by atomic mass is 28.3. The van der Waals surface area contributed by atoms with E-state index in [-0.39, 0.29) is 0 Å². The molecule has 0 aromatic heterocycles. The molecule has 1 rings (SSSR count). The Bertz CT molecular complexity index is 104. The molecule has 0 amide bonds. The van der Waals surface area contributed by atoms with Crippen LogP contribution in [0, 0.1) is 0 Å². The van der Waals surface area contributed by atoms with Crippen molar-refractivity contribution in [3.8, 4) is 0 Å². The Labute approximate surface area is 71.3 Å². The van der Waals surface area contributed by atoms with Crippen molar-refractivity contribution < 1.29 is 4.43 Å². The van der Waals surface area contributed by atoms with Gasteiger partial charge in [-0.05, 0) is 32.5 Å². The summed E-state index contributed by atoms with van der Waals surface area (Å²) < 4.78 is 5.31. The Morgan fingerprint density at radius 1 is 1.27 bits per heavy atom. The summed E-state index contributed by atoms with van der Waals surface area (Å²) >= 11 is 0. The van der Waals surface area contributed by atoms with E-state index in [0.29, 0.717) is 0 Å². The summed E-state index contributed by atoms with van der Waals surface area (Å²) in [6.07, 6.45) is 5.41. The van der Waals surface area contributed by atoms with Gasteiger partial charge in [-0.2, -0.15) is 0 Å². The average molecular weight is 172 g/mol. The normalized spacial score (nSPS) is 21.0. The lowest BCUT2D eigenvalue weighted by atomic mass is 10.1. The standard InChI is InChI=1S/C8H18NOSi/c1-10-11(2)8-9-6-4-3-5-7-9/h3-8H2,1-2H3. The number of hydrogen-bond donors (Lipinski definition) is 0. The second-order valence-corrected chi connectivity index (χ2v) is 5.37. The minimum absolute atomic E-state index is 0.502. The summed E-state index contributed by atoms with van der Waals surface area (Å²) in [5.41, 5.74) is 0. The van der Waals surface area contributed by atoms with Crippen LogP contribution in [0.15, 0.2) is 0 Å². The van der Waals surface area contributed by atoms with Crippen LogP contribution in [0.3, 0.4) is 0 Å². The highest BCUT2D eigenvalue weighted by Crippen LogP contribution is 2.08. The zero-order valence-electron chi connectivity index (χ0n) is 7.60. The molecule has 0 bridgehead atoms. The van der Waals surface area contributed by atoms with E-state index in [0.717, 1.165) is 0 Å². The third-order valence-electron chi connectivity index (χ3n) is 2.24. The van der Waals surface area contributed by atoms with Crippen LogP contribution >= 0.6 is 0 Å². The minimum atomic E-state index is -0.502. The van der Waals surface area contributed by atoms with E-state index in [9.17, 15) is 0 Å². The van der Waals surface area contributed by atoms with Gasteiger partial charge in [0.25, 0.3) is 0 Å². The molecule has 0 aliphatic carbocycles. The van der Waals surface area contributed by atoms with Crippen molar-refractivity contribution in [3.63, 3.8) is 0 Å². The van der Waals surface area contributed by atoms with Gasteiger partial charge in [0.15, 0.2) is 0 Å². The topological polar surface area (TPSA) is 12.5 Å². The monoisotopic (exact) mass is 172 g/mol. The molecule has 1 saturated heterocycles. The van der Waals surface area contributed by atoms with Crippen molar-refractivity contribution >= 4 is 9.04 Å². The van der Waals surface area contributed by atoms with Gasteiger partial charge in [0.2, 0.25) is 9.04 Å². The Morgan fingerprint density at radius 3 is 2.45 bits per heavy atom. The molecule has 3 heteroatoms. The SMILES string of the molecule is CO[Si](C)CN1CCCCC1. The fourth-order valence-corrected chi connectivity index (χ4v) is 2.57. The van der Waals surface area contributed by atoms with Gasteiger partial charge in [0, 0.05) is 13.3 Å². The molecule has 1 heterocycles. The lowest BCUT2D eigenvalue weighted by Gasteiger charge is -2.27. The summed E-state index contributed by atoms with van der Waals surface area (Å²) in [4.78, 5) is 2.54. The smallest absolute Gasteiger partial charge is 0.222 e. The van der Waals surface area contributed by atoms with Crippen LogP contribution < -0.4 is 0 Å².